The fraction of sp³-hybridized carbons (Fsp3) is 0.646. The van der Waals surface area contributed by atoms with E-state index in [1.54, 1.807) is 0 Å². The van der Waals surface area contributed by atoms with Gasteiger partial charge in [0.05, 0.1) is 0 Å². The Morgan fingerprint density at radius 3 is 0.986 bits per heavy atom. The van der Waals surface area contributed by atoms with E-state index in [0.717, 1.165) is 122 Å². The van der Waals surface area contributed by atoms with Crippen LogP contribution in [0.1, 0.15) is 252 Å². The Hall–Kier alpha value is -4.19. The summed E-state index contributed by atoms with van der Waals surface area (Å²) >= 11 is 0. The Morgan fingerprint density at radius 2 is 0.592 bits per heavy atom. The first-order valence-corrected chi connectivity index (χ1v) is 29.1. The van der Waals surface area contributed by atoms with Gasteiger partial charge < -0.3 is 14.2 Å². The summed E-state index contributed by atoms with van der Waals surface area (Å²) in [5.74, 6) is -0.955. The van der Waals surface area contributed by atoms with Gasteiger partial charge in [-0.1, -0.05) is 258 Å². The van der Waals surface area contributed by atoms with Crippen LogP contribution < -0.4 is 0 Å². The van der Waals surface area contributed by atoms with Crippen molar-refractivity contribution in [1.29, 1.82) is 0 Å². The molecule has 6 heteroatoms. The molecule has 1 atom stereocenters. The molecule has 0 aliphatic carbocycles. The number of esters is 3. The lowest BCUT2D eigenvalue weighted by Crippen LogP contribution is -2.30. The Bertz CT molecular complexity index is 1500. The zero-order valence-corrected chi connectivity index (χ0v) is 45.9. The number of hydrogen-bond donors (Lipinski definition) is 0. The minimum absolute atomic E-state index is 0.102. The minimum Gasteiger partial charge on any atom is -0.462 e. The molecule has 1 unspecified atom stereocenters. The molecule has 0 amide bonds. The molecule has 0 aliphatic rings. The average Bonchev–Trinajstić information content (AvgIpc) is 3.37. The van der Waals surface area contributed by atoms with E-state index in [1.807, 2.05) is 24.3 Å². The lowest BCUT2D eigenvalue weighted by Gasteiger charge is -2.18. The van der Waals surface area contributed by atoms with E-state index < -0.39 is 6.10 Å². The molecule has 0 saturated carbocycles. The van der Waals surface area contributed by atoms with Crippen molar-refractivity contribution in [2.45, 2.75) is 258 Å². The average molecular weight is 984 g/mol. The van der Waals surface area contributed by atoms with Crippen molar-refractivity contribution >= 4 is 17.9 Å². The van der Waals surface area contributed by atoms with Gasteiger partial charge in [-0.3, -0.25) is 14.4 Å². The summed E-state index contributed by atoms with van der Waals surface area (Å²) in [5.41, 5.74) is 0. The molecule has 0 heterocycles. The standard InChI is InChI=1S/C65H106O6/c1-4-7-10-13-16-19-22-25-28-31-34-37-40-43-46-49-52-55-58-64(67)70-61-62(60-69-63(66)57-54-51-48-45-42-39-36-33-30-27-24-21-18-15-12-9-6-3)71-65(68)59-56-53-50-47-44-41-38-35-32-29-26-23-20-17-14-11-8-5-2/h10,13,16,18-19,21-23,25-32,34-35,37-38,62H,4-9,11-12,14-15,17,20,24,33,36,39-61H2,1-3H3/b13-10-,19-16-,21-18-,25-22-,26-23-,30-27-,31-28-,32-29-,37-34-,38-35-. The van der Waals surface area contributed by atoms with E-state index in [2.05, 4.69) is 118 Å². The van der Waals surface area contributed by atoms with Crippen LogP contribution in [0, 0.1) is 0 Å². The maximum atomic E-state index is 12.9. The third-order valence-corrected chi connectivity index (χ3v) is 12.1. The zero-order chi connectivity index (χ0) is 51.4. The van der Waals surface area contributed by atoms with E-state index in [-0.39, 0.29) is 31.1 Å². The smallest absolute Gasteiger partial charge is 0.306 e. The molecule has 0 aromatic carbocycles. The van der Waals surface area contributed by atoms with Gasteiger partial charge in [0.1, 0.15) is 13.2 Å². The minimum atomic E-state index is -0.808. The Morgan fingerprint density at radius 1 is 0.296 bits per heavy atom. The molecule has 0 fully saturated rings. The second-order valence-corrected chi connectivity index (χ2v) is 19.0. The molecule has 402 valence electrons. The van der Waals surface area contributed by atoms with Crippen molar-refractivity contribution in [3.05, 3.63) is 122 Å². The molecule has 0 aliphatic heterocycles. The molecule has 0 rings (SSSR count). The lowest BCUT2D eigenvalue weighted by atomic mass is 10.1. The molecule has 0 radical (unpaired) electrons. The van der Waals surface area contributed by atoms with Crippen LogP contribution in [0.4, 0.5) is 0 Å². The zero-order valence-electron chi connectivity index (χ0n) is 45.9. The van der Waals surface area contributed by atoms with Crippen molar-refractivity contribution in [3.63, 3.8) is 0 Å². The summed E-state index contributed by atoms with van der Waals surface area (Å²) in [6.45, 7) is 6.47. The van der Waals surface area contributed by atoms with Gasteiger partial charge in [0.15, 0.2) is 6.10 Å². The van der Waals surface area contributed by atoms with Crippen LogP contribution in [0.25, 0.3) is 0 Å². The maximum absolute atomic E-state index is 12.9. The first-order valence-electron chi connectivity index (χ1n) is 29.1. The van der Waals surface area contributed by atoms with E-state index >= 15 is 0 Å². The van der Waals surface area contributed by atoms with Crippen LogP contribution in [0.3, 0.4) is 0 Å². The number of rotatable bonds is 51. The monoisotopic (exact) mass is 983 g/mol. The van der Waals surface area contributed by atoms with E-state index in [4.69, 9.17) is 14.2 Å². The number of carbonyl (C=O) groups is 3. The molecule has 0 N–H and O–H groups in total. The second kappa shape index (κ2) is 58.4. The quantitative estimate of drug-likeness (QED) is 0.0199. The number of carbonyl (C=O) groups excluding carboxylic acids is 3. The first-order chi connectivity index (χ1) is 35.0. The van der Waals surface area contributed by atoms with Gasteiger partial charge in [0.2, 0.25) is 0 Å². The van der Waals surface area contributed by atoms with Crippen LogP contribution in [0.5, 0.6) is 0 Å². The largest absolute Gasteiger partial charge is 0.462 e. The molecule has 6 nitrogen and oxygen atoms in total. The van der Waals surface area contributed by atoms with Gasteiger partial charge in [-0.2, -0.15) is 0 Å². The molecule has 0 bridgehead atoms. The third kappa shape index (κ3) is 56.6. The number of ether oxygens (including phenoxy) is 3. The predicted molar refractivity (Wildman–Crippen MR) is 306 cm³/mol. The van der Waals surface area contributed by atoms with Crippen molar-refractivity contribution in [1.82, 2.24) is 0 Å². The van der Waals surface area contributed by atoms with Gasteiger partial charge in [-0.05, 0) is 96.3 Å². The van der Waals surface area contributed by atoms with E-state index in [1.165, 1.54) is 89.9 Å². The van der Waals surface area contributed by atoms with Gasteiger partial charge >= 0.3 is 17.9 Å². The highest BCUT2D eigenvalue weighted by atomic mass is 16.6. The predicted octanol–water partition coefficient (Wildman–Crippen LogP) is 19.6. The van der Waals surface area contributed by atoms with Gasteiger partial charge in [0, 0.05) is 19.3 Å². The van der Waals surface area contributed by atoms with Crippen molar-refractivity contribution < 1.29 is 28.6 Å². The summed E-state index contributed by atoms with van der Waals surface area (Å²) in [5, 5.41) is 0. The van der Waals surface area contributed by atoms with Gasteiger partial charge in [-0.15, -0.1) is 0 Å². The fourth-order valence-corrected chi connectivity index (χ4v) is 7.68. The van der Waals surface area contributed by atoms with Gasteiger partial charge in [-0.25, -0.2) is 0 Å². The summed E-state index contributed by atoms with van der Waals surface area (Å²) in [6, 6.07) is 0. The third-order valence-electron chi connectivity index (χ3n) is 12.1. The highest BCUT2D eigenvalue weighted by Gasteiger charge is 2.19. The molecule has 0 spiro atoms. The van der Waals surface area contributed by atoms with Crippen LogP contribution in [0.15, 0.2) is 122 Å². The van der Waals surface area contributed by atoms with E-state index in [9.17, 15) is 14.4 Å². The van der Waals surface area contributed by atoms with E-state index in [0.29, 0.717) is 19.3 Å². The highest BCUT2D eigenvalue weighted by molar-refractivity contribution is 5.71. The first kappa shape index (κ1) is 66.8. The van der Waals surface area contributed by atoms with Crippen LogP contribution in [0.2, 0.25) is 0 Å². The maximum Gasteiger partial charge on any atom is 0.306 e. The second-order valence-electron chi connectivity index (χ2n) is 19.0. The summed E-state index contributed by atoms with van der Waals surface area (Å²) in [6.07, 6.45) is 80.3. The fourth-order valence-electron chi connectivity index (χ4n) is 7.68. The molecular weight excluding hydrogens is 877 g/mol. The van der Waals surface area contributed by atoms with Crippen molar-refractivity contribution in [2.75, 3.05) is 13.2 Å². The molecule has 0 aromatic rings. The topological polar surface area (TPSA) is 78.9 Å². The summed E-state index contributed by atoms with van der Waals surface area (Å²) in [7, 11) is 0. The number of unbranched alkanes of at least 4 members (excludes halogenated alkanes) is 26. The lowest BCUT2D eigenvalue weighted by molar-refractivity contribution is -0.167. The number of allylic oxidation sites excluding steroid dienone is 20. The SMILES string of the molecule is CCC\C=C/C=C\C=C/C=C\C=C/CCCCCCCC(=O)OCC(COC(=O)CCCCCCCCC/C=C\C/C=C\CCCCC)OC(=O)CCCCCCC\C=C/C=C\C=C/CCCCCCC. The normalized spacial score (nSPS) is 13.0. The highest BCUT2D eigenvalue weighted by Crippen LogP contribution is 2.14. The molecular formula is C65H106O6. The summed E-state index contributed by atoms with van der Waals surface area (Å²) in [4.78, 5) is 38.2. The van der Waals surface area contributed by atoms with Crippen LogP contribution in [-0.2, 0) is 28.6 Å². The van der Waals surface area contributed by atoms with Crippen molar-refractivity contribution in [3.8, 4) is 0 Å². The van der Waals surface area contributed by atoms with Gasteiger partial charge in [0.25, 0.3) is 0 Å². The van der Waals surface area contributed by atoms with Crippen LogP contribution >= 0.6 is 0 Å². The molecule has 0 aromatic heterocycles. The Balaban J connectivity index is 4.52. The van der Waals surface area contributed by atoms with Crippen LogP contribution in [-0.4, -0.2) is 37.2 Å². The molecule has 71 heavy (non-hydrogen) atoms. The Kier molecular flexibility index (Phi) is 54.9. The number of hydrogen-bond acceptors (Lipinski definition) is 6. The summed E-state index contributed by atoms with van der Waals surface area (Å²) < 4.78 is 16.8. The Labute approximate surface area is 437 Å². The molecule has 0 saturated heterocycles. The van der Waals surface area contributed by atoms with Crippen molar-refractivity contribution in [2.24, 2.45) is 0 Å².